The molecule has 1 aromatic carbocycles. The van der Waals surface area contributed by atoms with Crippen molar-refractivity contribution in [1.82, 2.24) is 19.6 Å². The highest BCUT2D eigenvalue weighted by atomic mass is 19.1. The summed E-state index contributed by atoms with van der Waals surface area (Å²) in [5.74, 6) is -0.0291. The van der Waals surface area contributed by atoms with Crippen LogP contribution in [0.2, 0.25) is 0 Å². The molecule has 2 N–H and O–H groups in total. The van der Waals surface area contributed by atoms with Crippen molar-refractivity contribution in [2.24, 2.45) is 0 Å². The van der Waals surface area contributed by atoms with Crippen molar-refractivity contribution in [3.8, 4) is 11.6 Å². The lowest BCUT2D eigenvalue weighted by Crippen LogP contribution is -1.97. The number of ether oxygens (including phenoxy) is 1. The number of hydrogen-bond donors (Lipinski definition) is 1. The minimum atomic E-state index is -0.437. The van der Waals surface area contributed by atoms with E-state index in [0.717, 1.165) is 0 Å². The molecule has 3 aromatic rings. The maximum Gasteiger partial charge on any atom is 0.265 e. The normalized spacial score (nSPS) is 10.7. The molecule has 0 bridgehead atoms. The number of hydrogen-bond acceptors (Lipinski definition) is 5. The Morgan fingerprint density at radius 1 is 1.33 bits per heavy atom. The molecule has 6 nitrogen and oxygen atoms in total. The quantitative estimate of drug-likeness (QED) is 0.694. The van der Waals surface area contributed by atoms with Crippen LogP contribution in [0.25, 0.3) is 5.65 Å². The van der Waals surface area contributed by atoms with Crippen molar-refractivity contribution < 1.29 is 9.13 Å². The molecule has 0 unspecified atom stereocenters. The number of aromatic nitrogens is 4. The number of rotatable bonds is 2. The van der Waals surface area contributed by atoms with Crippen molar-refractivity contribution in [1.29, 1.82) is 0 Å². The van der Waals surface area contributed by atoms with E-state index in [0.29, 0.717) is 11.3 Å². The van der Waals surface area contributed by atoms with Crippen molar-refractivity contribution in [3.05, 3.63) is 42.7 Å². The number of anilines is 1. The summed E-state index contributed by atoms with van der Waals surface area (Å²) in [6.45, 7) is 0. The molecular weight excluding hydrogens is 237 g/mol. The molecule has 0 saturated carbocycles. The zero-order valence-electron chi connectivity index (χ0n) is 9.12. The van der Waals surface area contributed by atoms with Gasteiger partial charge in [-0.3, -0.25) is 4.40 Å². The second kappa shape index (κ2) is 3.95. The number of nitrogens with two attached hydrogens (primary N) is 1. The second-order valence-corrected chi connectivity index (χ2v) is 3.58. The first-order valence-corrected chi connectivity index (χ1v) is 5.11. The van der Waals surface area contributed by atoms with Gasteiger partial charge in [-0.15, -0.1) is 10.2 Å². The average molecular weight is 245 g/mol. The molecule has 7 heteroatoms. The van der Waals surface area contributed by atoms with Gasteiger partial charge in [-0.25, -0.2) is 9.37 Å². The van der Waals surface area contributed by atoms with Gasteiger partial charge in [0.05, 0.1) is 5.69 Å². The van der Waals surface area contributed by atoms with E-state index in [2.05, 4.69) is 15.2 Å². The molecule has 2 aromatic heterocycles. The van der Waals surface area contributed by atoms with Gasteiger partial charge in [0.1, 0.15) is 12.1 Å². The summed E-state index contributed by atoms with van der Waals surface area (Å²) < 4.78 is 20.2. The van der Waals surface area contributed by atoms with Gasteiger partial charge in [-0.05, 0) is 12.1 Å². The van der Waals surface area contributed by atoms with E-state index in [4.69, 9.17) is 10.5 Å². The van der Waals surface area contributed by atoms with E-state index in [1.807, 2.05) is 0 Å². The van der Waals surface area contributed by atoms with Gasteiger partial charge >= 0.3 is 0 Å². The molecule has 0 aliphatic rings. The molecule has 3 rings (SSSR count). The minimum absolute atomic E-state index is 0.193. The molecule has 0 aliphatic carbocycles. The first kappa shape index (κ1) is 10.5. The fourth-order valence-corrected chi connectivity index (χ4v) is 1.51. The Morgan fingerprint density at radius 3 is 3.11 bits per heavy atom. The van der Waals surface area contributed by atoms with E-state index < -0.39 is 5.82 Å². The summed E-state index contributed by atoms with van der Waals surface area (Å²) in [6.07, 6.45) is 4.72. The van der Waals surface area contributed by atoms with Crippen LogP contribution >= 0.6 is 0 Å². The topological polar surface area (TPSA) is 78.3 Å². The predicted molar refractivity (Wildman–Crippen MR) is 61.7 cm³/mol. The Morgan fingerprint density at radius 2 is 2.22 bits per heavy atom. The smallest absolute Gasteiger partial charge is 0.265 e. The number of halogens is 1. The highest BCUT2D eigenvalue weighted by Crippen LogP contribution is 2.28. The van der Waals surface area contributed by atoms with Crippen LogP contribution in [0.1, 0.15) is 0 Å². The first-order valence-electron chi connectivity index (χ1n) is 5.11. The summed E-state index contributed by atoms with van der Waals surface area (Å²) >= 11 is 0. The lowest BCUT2D eigenvalue weighted by Gasteiger charge is -2.07. The molecular formula is C11H8FN5O. The monoisotopic (exact) mass is 245 g/mol. The van der Waals surface area contributed by atoms with Crippen LogP contribution in [0.4, 0.5) is 10.1 Å². The van der Waals surface area contributed by atoms with Crippen LogP contribution in [0.3, 0.4) is 0 Å². The van der Waals surface area contributed by atoms with Gasteiger partial charge in [-0.2, -0.15) is 0 Å². The third kappa shape index (κ3) is 1.71. The van der Waals surface area contributed by atoms with E-state index in [-0.39, 0.29) is 11.6 Å². The molecule has 0 amide bonds. The van der Waals surface area contributed by atoms with E-state index >= 15 is 0 Å². The lowest BCUT2D eigenvalue weighted by molar-refractivity contribution is 0.462. The van der Waals surface area contributed by atoms with Gasteiger partial charge in [-0.1, -0.05) is 0 Å². The highest BCUT2D eigenvalue weighted by Gasteiger charge is 2.10. The van der Waals surface area contributed by atoms with Crippen LogP contribution in [-0.2, 0) is 0 Å². The number of fused-ring (bicyclic) bond motifs is 1. The van der Waals surface area contributed by atoms with Crippen molar-refractivity contribution in [2.75, 3.05) is 5.73 Å². The van der Waals surface area contributed by atoms with Crippen LogP contribution in [0.5, 0.6) is 11.6 Å². The van der Waals surface area contributed by atoms with Crippen LogP contribution in [0, 0.1) is 5.82 Å². The zero-order chi connectivity index (χ0) is 12.5. The van der Waals surface area contributed by atoms with Gasteiger partial charge in [0, 0.05) is 18.5 Å². The summed E-state index contributed by atoms with van der Waals surface area (Å²) in [5.41, 5.74) is 6.45. The largest absolute Gasteiger partial charge is 0.434 e. The first-order chi connectivity index (χ1) is 8.74. The van der Waals surface area contributed by atoms with Crippen molar-refractivity contribution >= 4 is 11.3 Å². The number of benzene rings is 1. The molecule has 0 aliphatic heterocycles. The molecule has 0 atom stereocenters. The van der Waals surface area contributed by atoms with Gasteiger partial charge in [0.15, 0.2) is 5.75 Å². The molecule has 2 heterocycles. The maximum atomic E-state index is 13.1. The molecule has 0 fully saturated rings. The second-order valence-electron chi connectivity index (χ2n) is 3.58. The summed E-state index contributed by atoms with van der Waals surface area (Å²) in [4.78, 5) is 4.02. The SMILES string of the molecule is Nc1ccc(F)cc1Oc1nccn2cnnc12. The van der Waals surface area contributed by atoms with Crippen LogP contribution in [0.15, 0.2) is 36.9 Å². The molecule has 0 saturated heterocycles. The van der Waals surface area contributed by atoms with Crippen LogP contribution < -0.4 is 10.5 Å². The fraction of sp³-hybridized carbons (Fsp3) is 0. The van der Waals surface area contributed by atoms with Crippen LogP contribution in [-0.4, -0.2) is 19.6 Å². The fourth-order valence-electron chi connectivity index (χ4n) is 1.51. The Labute approximate surface area is 101 Å². The van der Waals surface area contributed by atoms with Gasteiger partial charge in [0.2, 0.25) is 5.65 Å². The Hall–Kier alpha value is -2.70. The molecule has 18 heavy (non-hydrogen) atoms. The lowest BCUT2D eigenvalue weighted by atomic mass is 10.3. The molecule has 0 radical (unpaired) electrons. The van der Waals surface area contributed by atoms with Gasteiger partial charge in [0.25, 0.3) is 5.88 Å². The summed E-state index contributed by atoms with van der Waals surface area (Å²) in [6, 6.07) is 3.87. The zero-order valence-corrected chi connectivity index (χ0v) is 9.12. The van der Waals surface area contributed by atoms with E-state index in [9.17, 15) is 4.39 Å². The third-order valence-electron chi connectivity index (χ3n) is 2.37. The minimum Gasteiger partial charge on any atom is -0.434 e. The Kier molecular flexibility index (Phi) is 2.30. The van der Waals surface area contributed by atoms with E-state index in [1.54, 1.807) is 10.6 Å². The third-order valence-corrected chi connectivity index (χ3v) is 2.37. The molecule has 90 valence electrons. The Bertz CT molecular complexity index is 711. The van der Waals surface area contributed by atoms with Crippen molar-refractivity contribution in [2.45, 2.75) is 0 Å². The Balaban J connectivity index is 2.06. The number of nitrogens with zero attached hydrogens (tertiary/aromatic N) is 4. The maximum absolute atomic E-state index is 13.1. The van der Waals surface area contributed by atoms with E-state index in [1.165, 1.54) is 30.7 Å². The van der Waals surface area contributed by atoms with Gasteiger partial charge < -0.3 is 10.5 Å². The average Bonchev–Trinajstić information content (AvgIpc) is 2.83. The highest BCUT2D eigenvalue weighted by molar-refractivity contribution is 5.56. The summed E-state index contributed by atoms with van der Waals surface area (Å²) in [5, 5.41) is 7.59. The molecule has 0 spiro atoms. The van der Waals surface area contributed by atoms with Crippen molar-refractivity contribution in [3.63, 3.8) is 0 Å². The predicted octanol–water partition coefficient (Wildman–Crippen LogP) is 1.64. The number of nitrogen functional groups attached to an aromatic ring is 1. The summed E-state index contributed by atoms with van der Waals surface area (Å²) in [7, 11) is 0. The standard InChI is InChI=1S/C11H8FN5O/c12-7-1-2-8(13)9(5-7)18-11-10-16-15-6-17(10)4-3-14-11/h1-6H,13H2.